The van der Waals surface area contributed by atoms with Gasteiger partial charge in [0.2, 0.25) is 10.0 Å². The number of aryl methyl sites for hydroxylation is 2. The van der Waals surface area contributed by atoms with Gasteiger partial charge >= 0.3 is 0 Å². The molecule has 7 heteroatoms. The average molecular weight is 407 g/mol. The Kier molecular flexibility index (Phi) is 6.09. The lowest BCUT2D eigenvalue weighted by molar-refractivity contribution is 0.578. The zero-order valence-corrected chi connectivity index (χ0v) is 16.7. The molecule has 0 aliphatic heterocycles. The van der Waals surface area contributed by atoms with Gasteiger partial charge in [-0.05, 0) is 44.0 Å². The number of sulfonamides is 1. The molecule has 0 fully saturated rings. The molecule has 0 radical (unpaired) electrons. The van der Waals surface area contributed by atoms with Gasteiger partial charge in [0.05, 0.1) is 10.6 Å². The summed E-state index contributed by atoms with van der Waals surface area (Å²) in [6.07, 6.45) is 1.41. The molecule has 4 nitrogen and oxygen atoms in total. The van der Waals surface area contributed by atoms with Crippen molar-refractivity contribution in [3.63, 3.8) is 0 Å². The Labute approximate surface area is 162 Å². The number of nitrogens with zero attached hydrogens (tertiary/aromatic N) is 1. The molecule has 0 saturated heterocycles. The van der Waals surface area contributed by atoms with E-state index in [0.717, 1.165) is 28.2 Å². The largest absolute Gasteiger partial charge is 0.241 e. The number of thiazole rings is 1. The maximum atomic E-state index is 12.2. The van der Waals surface area contributed by atoms with Crippen LogP contribution in [-0.4, -0.2) is 19.9 Å². The topological polar surface area (TPSA) is 59.1 Å². The highest BCUT2D eigenvalue weighted by Crippen LogP contribution is 2.25. The summed E-state index contributed by atoms with van der Waals surface area (Å²) < 4.78 is 27.1. The molecule has 0 spiro atoms. The van der Waals surface area contributed by atoms with Gasteiger partial charge in [-0.1, -0.05) is 41.4 Å². The van der Waals surface area contributed by atoms with E-state index in [1.54, 1.807) is 35.6 Å². The fourth-order valence-electron chi connectivity index (χ4n) is 2.42. The van der Waals surface area contributed by atoms with E-state index >= 15 is 0 Å². The van der Waals surface area contributed by atoms with Crippen molar-refractivity contribution in [3.8, 4) is 10.6 Å². The maximum Gasteiger partial charge on any atom is 0.240 e. The Morgan fingerprint density at radius 1 is 1.08 bits per heavy atom. The number of aromatic nitrogens is 1. The molecule has 1 N–H and O–H groups in total. The van der Waals surface area contributed by atoms with Crippen LogP contribution in [0.25, 0.3) is 10.6 Å². The van der Waals surface area contributed by atoms with E-state index in [2.05, 4.69) is 9.71 Å². The molecule has 2 aromatic carbocycles. The van der Waals surface area contributed by atoms with E-state index in [4.69, 9.17) is 11.6 Å². The van der Waals surface area contributed by atoms with Crippen molar-refractivity contribution < 1.29 is 8.42 Å². The molecule has 3 aromatic rings. The summed E-state index contributed by atoms with van der Waals surface area (Å²) in [7, 11) is -3.45. The third kappa shape index (κ3) is 4.92. The second kappa shape index (κ2) is 8.31. The summed E-state index contributed by atoms with van der Waals surface area (Å²) in [5.74, 6) is 0. The predicted octanol–water partition coefficient (Wildman–Crippen LogP) is 4.68. The quantitative estimate of drug-likeness (QED) is 0.579. The van der Waals surface area contributed by atoms with Gasteiger partial charge in [-0.25, -0.2) is 18.1 Å². The van der Waals surface area contributed by atoms with Crippen LogP contribution in [0.3, 0.4) is 0 Å². The number of rotatable bonds is 7. The molecule has 0 aliphatic carbocycles. The molecule has 0 bridgehead atoms. The lowest BCUT2D eigenvalue weighted by atomic mass is 10.2. The predicted molar refractivity (Wildman–Crippen MR) is 107 cm³/mol. The molecule has 26 heavy (non-hydrogen) atoms. The van der Waals surface area contributed by atoms with Crippen LogP contribution >= 0.6 is 22.9 Å². The normalized spacial score (nSPS) is 11.6. The second-order valence-electron chi connectivity index (χ2n) is 5.97. The Balaban J connectivity index is 1.52. The average Bonchev–Trinajstić information content (AvgIpc) is 3.09. The van der Waals surface area contributed by atoms with Crippen LogP contribution < -0.4 is 4.72 Å². The lowest BCUT2D eigenvalue weighted by Gasteiger charge is -2.06. The third-order valence-electron chi connectivity index (χ3n) is 3.88. The van der Waals surface area contributed by atoms with Gasteiger partial charge in [0, 0.05) is 22.5 Å². The molecule has 1 heterocycles. The van der Waals surface area contributed by atoms with Crippen LogP contribution in [-0.2, 0) is 16.4 Å². The molecule has 3 rings (SSSR count). The van der Waals surface area contributed by atoms with E-state index in [9.17, 15) is 8.42 Å². The van der Waals surface area contributed by atoms with Gasteiger partial charge in [-0.2, -0.15) is 0 Å². The van der Waals surface area contributed by atoms with Crippen molar-refractivity contribution in [3.05, 3.63) is 70.2 Å². The van der Waals surface area contributed by atoms with Crippen LogP contribution in [0.15, 0.2) is 58.8 Å². The van der Waals surface area contributed by atoms with E-state index in [0.29, 0.717) is 22.9 Å². The lowest BCUT2D eigenvalue weighted by Crippen LogP contribution is -2.25. The smallest absolute Gasteiger partial charge is 0.240 e. The number of halogens is 1. The molecule has 0 aliphatic rings. The zero-order chi connectivity index (χ0) is 18.6. The van der Waals surface area contributed by atoms with Crippen molar-refractivity contribution >= 4 is 33.0 Å². The van der Waals surface area contributed by atoms with Crippen molar-refractivity contribution in [2.75, 3.05) is 6.54 Å². The van der Waals surface area contributed by atoms with Crippen molar-refractivity contribution in [2.24, 2.45) is 0 Å². The first-order valence-corrected chi connectivity index (χ1v) is 10.9. The monoisotopic (exact) mass is 406 g/mol. The first kappa shape index (κ1) is 19.0. The first-order chi connectivity index (χ1) is 12.4. The van der Waals surface area contributed by atoms with Crippen LogP contribution in [0, 0.1) is 6.92 Å². The van der Waals surface area contributed by atoms with Crippen LogP contribution in [0.4, 0.5) is 0 Å². The van der Waals surface area contributed by atoms with Crippen molar-refractivity contribution in [1.29, 1.82) is 0 Å². The SMILES string of the molecule is Cc1ccc(S(=O)(=O)NCCCc2csc(-c3ccc(Cl)cc3)n2)cc1. The Morgan fingerprint density at radius 2 is 1.77 bits per heavy atom. The summed E-state index contributed by atoms with van der Waals surface area (Å²) in [5, 5.41) is 3.65. The number of hydrogen-bond acceptors (Lipinski definition) is 4. The molecule has 0 unspecified atom stereocenters. The molecule has 1 aromatic heterocycles. The zero-order valence-electron chi connectivity index (χ0n) is 14.3. The highest BCUT2D eigenvalue weighted by Gasteiger charge is 2.13. The van der Waals surface area contributed by atoms with E-state index in [1.807, 2.05) is 36.6 Å². The number of benzene rings is 2. The van der Waals surface area contributed by atoms with Gasteiger partial charge in [0.15, 0.2) is 0 Å². The van der Waals surface area contributed by atoms with Crippen molar-refractivity contribution in [2.45, 2.75) is 24.7 Å². The first-order valence-electron chi connectivity index (χ1n) is 8.21. The van der Waals surface area contributed by atoms with E-state index in [-0.39, 0.29) is 0 Å². The minimum absolute atomic E-state index is 0.293. The van der Waals surface area contributed by atoms with Gasteiger partial charge in [-0.3, -0.25) is 0 Å². The minimum atomic E-state index is -3.45. The van der Waals surface area contributed by atoms with Crippen LogP contribution in [0.5, 0.6) is 0 Å². The minimum Gasteiger partial charge on any atom is -0.241 e. The summed E-state index contributed by atoms with van der Waals surface area (Å²) in [6, 6.07) is 14.4. The molecular weight excluding hydrogens is 388 g/mol. The molecule has 0 atom stereocenters. The summed E-state index contributed by atoms with van der Waals surface area (Å²) in [4.78, 5) is 4.90. The maximum absolute atomic E-state index is 12.2. The van der Waals surface area contributed by atoms with E-state index in [1.165, 1.54) is 0 Å². The highest BCUT2D eigenvalue weighted by atomic mass is 35.5. The number of hydrogen-bond donors (Lipinski definition) is 1. The van der Waals surface area contributed by atoms with Gasteiger partial charge in [0.1, 0.15) is 5.01 Å². The molecule has 0 amide bonds. The Morgan fingerprint density at radius 3 is 2.46 bits per heavy atom. The summed E-state index contributed by atoms with van der Waals surface area (Å²) in [5.41, 5.74) is 3.03. The highest BCUT2D eigenvalue weighted by molar-refractivity contribution is 7.89. The van der Waals surface area contributed by atoms with Crippen molar-refractivity contribution in [1.82, 2.24) is 9.71 Å². The number of nitrogens with one attached hydrogen (secondary N) is 1. The van der Waals surface area contributed by atoms with E-state index < -0.39 is 10.0 Å². The molecular formula is C19H19ClN2O2S2. The van der Waals surface area contributed by atoms with Crippen LogP contribution in [0.2, 0.25) is 5.02 Å². The molecule has 0 saturated carbocycles. The fourth-order valence-corrected chi connectivity index (χ4v) is 4.48. The Hall–Kier alpha value is -1.73. The summed E-state index contributed by atoms with van der Waals surface area (Å²) in [6.45, 7) is 2.31. The third-order valence-corrected chi connectivity index (χ3v) is 6.55. The second-order valence-corrected chi connectivity index (χ2v) is 9.03. The standard InChI is InChI=1S/C19H19ClN2O2S2/c1-14-4-10-18(11-5-14)26(23,24)21-12-2-3-17-13-25-19(22-17)15-6-8-16(20)9-7-15/h4-11,13,21H,2-3,12H2,1H3. The fraction of sp³-hybridized carbons (Fsp3) is 0.211. The molecule has 136 valence electrons. The Bertz CT molecular complexity index is 966. The van der Waals surface area contributed by atoms with Gasteiger partial charge < -0.3 is 0 Å². The van der Waals surface area contributed by atoms with Crippen LogP contribution in [0.1, 0.15) is 17.7 Å². The summed E-state index contributed by atoms with van der Waals surface area (Å²) >= 11 is 7.48. The van der Waals surface area contributed by atoms with Gasteiger partial charge in [-0.15, -0.1) is 11.3 Å². The van der Waals surface area contributed by atoms with Gasteiger partial charge in [0.25, 0.3) is 0 Å².